The first-order valence-corrected chi connectivity index (χ1v) is 11.4. The molecule has 1 saturated heterocycles. The molecule has 176 valence electrons. The van der Waals surface area contributed by atoms with Crippen LogP contribution in [0.25, 0.3) is 16.0 Å². The van der Waals surface area contributed by atoms with E-state index in [-0.39, 0.29) is 16.5 Å². The van der Waals surface area contributed by atoms with E-state index in [1.165, 1.54) is 41.5 Å². The van der Waals surface area contributed by atoms with E-state index in [0.717, 1.165) is 4.70 Å². The Kier molecular flexibility index (Phi) is 5.70. The van der Waals surface area contributed by atoms with Crippen molar-refractivity contribution in [1.82, 2.24) is 4.98 Å². The Labute approximate surface area is 203 Å². The number of amides is 1. The molecule has 9 heteroatoms. The molecule has 0 saturated carbocycles. The molecular weight excluding hydrogens is 471 g/mol. The van der Waals surface area contributed by atoms with Gasteiger partial charge in [-0.05, 0) is 60.2 Å². The number of benzene rings is 3. The predicted octanol–water partition coefficient (Wildman–Crippen LogP) is 5.08. The number of rotatable bonds is 5. The first-order valence-electron chi connectivity index (χ1n) is 10.6. The minimum atomic E-state index is -1.07. The number of ether oxygens (including phenoxy) is 2. The second-order valence-electron chi connectivity index (χ2n) is 7.78. The summed E-state index contributed by atoms with van der Waals surface area (Å²) in [6.07, 6.45) is 0. The van der Waals surface area contributed by atoms with Crippen LogP contribution in [0.5, 0.6) is 11.5 Å². The zero-order valence-electron chi connectivity index (χ0n) is 18.7. The number of aliphatic hydroxyl groups is 1. The zero-order valence-corrected chi connectivity index (χ0v) is 19.5. The molecule has 3 aromatic carbocycles. The highest BCUT2D eigenvalue weighted by molar-refractivity contribution is 7.22. The summed E-state index contributed by atoms with van der Waals surface area (Å²) in [4.78, 5) is 32.3. The van der Waals surface area contributed by atoms with Crippen LogP contribution in [0.1, 0.15) is 17.2 Å². The molecule has 0 radical (unpaired) electrons. The maximum Gasteiger partial charge on any atom is 0.301 e. The molecule has 7 nitrogen and oxygen atoms in total. The summed E-state index contributed by atoms with van der Waals surface area (Å²) in [6, 6.07) is 16.2. The van der Waals surface area contributed by atoms with Gasteiger partial charge in [0, 0.05) is 5.56 Å². The van der Waals surface area contributed by atoms with Crippen molar-refractivity contribution < 1.29 is 28.6 Å². The number of carbonyl (C=O) groups excluding carboxylic acids is 2. The Balaban J connectivity index is 1.70. The molecule has 0 spiro atoms. The average Bonchev–Trinajstić information content (AvgIpc) is 3.41. The molecular formula is C26H19FN2O5S. The van der Waals surface area contributed by atoms with Crippen LogP contribution in [-0.4, -0.2) is 36.0 Å². The highest BCUT2D eigenvalue weighted by Gasteiger charge is 2.48. The summed E-state index contributed by atoms with van der Waals surface area (Å²) in [5.74, 6) is -1.47. The number of nitrogens with zero attached hydrogens (tertiary/aromatic N) is 2. The lowest BCUT2D eigenvalue weighted by Gasteiger charge is -2.23. The lowest BCUT2D eigenvalue weighted by atomic mass is 9.95. The van der Waals surface area contributed by atoms with Crippen LogP contribution >= 0.6 is 11.3 Å². The molecule has 1 amide bonds. The van der Waals surface area contributed by atoms with Gasteiger partial charge in [-0.1, -0.05) is 23.5 Å². The zero-order chi connectivity index (χ0) is 24.7. The van der Waals surface area contributed by atoms with Crippen molar-refractivity contribution in [1.29, 1.82) is 0 Å². The molecule has 2 heterocycles. The highest BCUT2D eigenvalue weighted by Crippen LogP contribution is 2.44. The Hall–Kier alpha value is -4.24. The molecule has 1 aliphatic rings. The van der Waals surface area contributed by atoms with E-state index in [2.05, 4.69) is 4.98 Å². The van der Waals surface area contributed by atoms with Crippen LogP contribution < -0.4 is 14.4 Å². The fourth-order valence-corrected chi connectivity index (χ4v) is 5.07. The van der Waals surface area contributed by atoms with E-state index in [4.69, 9.17) is 9.47 Å². The average molecular weight is 491 g/mol. The number of aromatic nitrogens is 1. The topological polar surface area (TPSA) is 89.0 Å². The Morgan fingerprint density at radius 1 is 1.00 bits per heavy atom. The molecule has 0 bridgehead atoms. The number of thiazole rings is 1. The summed E-state index contributed by atoms with van der Waals surface area (Å²) in [5.41, 5.74) is 1.11. The monoisotopic (exact) mass is 490 g/mol. The van der Waals surface area contributed by atoms with Crippen molar-refractivity contribution in [2.24, 2.45) is 0 Å². The van der Waals surface area contributed by atoms with Crippen molar-refractivity contribution in [3.8, 4) is 11.5 Å². The lowest BCUT2D eigenvalue weighted by Crippen LogP contribution is -2.29. The Bertz CT molecular complexity index is 1500. The maximum atomic E-state index is 14.2. The first kappa shape index (κ1) is 22.5. The van der Waals surface area contributed by atoms with Crippen LogP contribution in [0.3, 0.4) is 0 Å². The third-order valence-electron chi connectivity index (χ3n) is 5.76. The van der Waals surface area contributed by atoms with E-state index in [9.17, 15) is 19.1 Å². The molecule has 4 aromatic rings. The standard InChI is InChI=1S/C26H19FN2O5S/c1-33-17-8-6-14(7-9-17)23(30)21-22(15-4-3-5-16(27)12-15)29(25(32)24(21)31)26-28-19-11-10-18(34-2)13-20(19)35-26/h3-13,22,30H,1-2H3/b23-21+. The fourth-order valence-electron chi connectivity index (χ4n) is 4.05. The van der Waals surface area contributed by atoms with Gasteiger partial charge < -0.3 is 14.6 Å². The summed E-state index contributed by atoms with van der Waals surface area (Å²) in [7, 11) is 3.06. The van der Waals surface area contributed by atoms with Crippen LogP contribution in [0.15, 0.2) is 72.3 Å². The molecule has 1 aliphatic heterocycles. The van der Waals surface area contributed by atoms with Gasteiger partial charge in [-0.15, -0.1) is 0 Å². The van der Waals surface area contributed by atoms with Gasteiger partial charge in [-0.2, -0.15) is 0 Å². The van der Waals surface area contributed by atoms with Gasteiger partial charge in [0.25, 0.3) is 5.78 Å². The quantitative estimate of drug-likeness (QED) is 0.239. The SMILES string of the molecule is COc1ccc(/C(O)=C2\C(=O)C(=O)N(c3nc4ccc(OC)cc4s3)C2c2cccc(F)c2)cc1. The van der Waals surface area contributed by atoms with Crippen LogP contribution in [-0.2, 0) is 9.59 Å². The van der Waals surface area contributed by atoms with E-state index < -0.39 is 23.5 Å². The van der Waals surface area contributed by atoms with Gasteiger partial charge in [0.2, 0.25) is 0 Å². The lowest BCUT2D eigenvalue weighted by molar-refractivity contribution is -0.132. The van der Waals surface area contributed by atoms with Crippen molar-refractivity contribution in [2.45, 2.75) is 6.04 Å². The molecule has 1 aromatic heterocycles. The molecule has 0 aliphatic carbocycles. The number of hydrogen-bond acceptors (Lipinski definition) is 7. The van der Waals surface area contributed by atoms with Crippen molar-refractivity contribution in [3.05, 3.63) is 89.2 Å². The summed E-state index contributed by atoms with van der Waals surface area (Å²) < 4.78 is 25.4. The molecule has 1 unspecified atom stereocenters. The smallest absolute Gasteiger partial charge is 0.301 e. The molecule has 1 fully saturated rings. The normalized spacial score (nSPS) is 17.2. The van der Waals surface area contributed by atoms with Gasteiger partial charge >= 0.3 is 5.91 Å². The number of ketones is 1. The van der Waals surface area contributed by atoms with Crippen LogP contribution in [0.2, 0.25) is 0 Å². The van der Waals surface area contributed by atoms with Gasteiger partial charge in [-0.25, -0.2) is 9.37 Å². The molecule has 5 rings (SSSR count). The summed E-state index contributed by atoms with van der Waals surface area (Å²) >= 11 is 1.19. The second kappa shape index (κ2) is 8.84. The van der Waals surface area contributed by atoms with Gasteiger partial charge in [0.1, 0.15) is 23.1 Å². The molecule has 1 atom stereocenters. The highest BCUT2D eigenvalue weighted by atomic mass is 32.1. The minimum absolute atomic E-state index is 0.150. The molecule has 1 N–H and O–H groups in total. The van der Waals surface area contributed by atoms with Crippen LogP contribution in [0.4, 0.5) is 9.52 Å². The van der Waals surface area contributed by atoms with Crippen molar-refractivity contribution >= 4 is 44.1 Å². The van der Waals surface area contributed by atoms with Gasteiger partial charge in [0.15, 0.2) is 5.13 Å². The second-order valence-corrected chi connectivity index (χ2v) is 8.79. The van der Waals surface area contributed by atoms with Crippen molar-refractivity contribution in [3.63, 3.8) is 0 Å². The number of Topliss-reactive ketones (excluding diaryl/α,β-unsaturated/α-hetero) is 1. The number of carbonyl (C=O) groups is 2. The summed E-state index contributed by atoms with van der Waals surface area (Å²) in [6.45, 7) is 0. The van der Waals surface area contributed by atoms with Gasteiger partial charge in [-0.3, -0.25) is 14.5 Å². The number of fused-ring (bicyclic) bond motifs is 1. The van der Waals surface area contributed by atoms with E-state index in [1.54, 1.807) is 55.6 Å². The van der Waals surface area contributed by atoms with Gasteiger partial charge in [0.05, 0.1) is 36.1 Å². The third kappa shape index (κ3) is 3.89. The first-order chi connectivity index (χ1) is 16.9. The fraction of sp³-hybridized carbons (Fsp3) is 0.115. The molecule has 35 heavy (non-hydrogen) atoms. The Morgan fingerprint density at radius 3 is 2.40 bits per heavy atom. The number of anilines is 1. The number of aliphatic hydroxyl groups excluding tert-OH is 1. The number of hydrogen-bond donors (Lipinski definition) is 1. The van der Waals surface area contributed by atoms with E-state index >= 15 is 0 Å². The third-order valence-corrected chi connectivity index (χ3v) is 6.78. The van der Waals surface area contributed by atoms with Crippen molar-refractivity contribution in [2.75, 3.05) is 19.1 Å². The number of methoxy groups -OCH3 is 2. The number of halogens is 1. The maximum absolute atomic E-state index is 14.2. The van der Waals surface area contributed by atoms with E-state index in [0.29, 0.717) is 28.1 Å². The minimum Gasteiger partial charge on any atom is -0.507 e. The summed E-state index contributed by atoms with van der Waals surface area (Å²) in [5, 5.41) is 11.4. The largest absolute Gasteiger partial charge is 0.507 e. The predicted molar refractivity (Wildman–Crippen MR) is 130 cm³/mol. The Morgan fingerprint density at radius 2 is 1.71 bits per heavy atom. The van der Waals surface area contributed by atoms with E-state index in [1.807, 2.05) is 0 Å². The van der Waals surface area contributed by atoms with Crippen LogP contribution in [0, 0.1) is 5.82 Å².